The van der Waals surface area contributed by atoms with Crippen LogP contribution in [-0.4, -0.2) is 93.6 Å². The second-order valence-electron chi connectivity index (χ2n) is 16.1. The van der Waals surface area contributed by atoms with Gasteiger partial charge in [-0.25, -0.2) is 4.79 Å². The van der Waals surface area contributed by atoms with Crippen molar-refractivity contribution in [2.45, 2.75) is 114 Å². The Hall–Kier alpha value is -5.34. The van der Waals surface area contributed by atoms with Crippen LogP contribution in [0.2, 0.25) is 0 Å². The number of esters is 2. The first-order valence-corrected chi connectivity index (χ1v) is 19.6. The molecule has 6 atom stereocenters. The van der Waals surface area contributed by atoms with E-state index in [1.54, 1.807) is 57.2 Å². The van der Waals surface area contributed by atoms with Crippen LogP contribution < -0.4 is 10.6 Å². The molecule has 3 aromatic rings. The van der Waals surface area contributed by atoms with E-state index in [1.807, 2.05) is 54.6 Å². The van der Waals surface area contributed by atoms with Crippen LogP contribution in [0.5, 0.6) is 5.75 Å². The average Bonchev–Trinajstić information content (AvgIpc) is 3.73. The van der Waals surface area contributed by atoms with E-state index in [0.29, 0.717) is 19.3 Å². The number of aliphatic hydroxyl groups is 2. The van der Waals surface area contributed by atoms with Gasteiger partial charge in [0.25, 0.3) is 0 Å². The number of aromatic hydroxyl groups is 1. The summed E-state index contributed by atoms with van der Waals surface area (Å²) in [4.78, 5) is 53.3. The molecule has 13 nitrogen and oxygen atoms in total. The molecule has 5 N–H and O–H groups in total. The van der Waals surface area contributed by atoms with Gasteiger partial charge in [-0.3, -0.25) is 14.4 Å². The Labute approximate surface area is 338 Å². The topological polar surface area (TPSA) is 190 Å². The normalized spacial score (nSPS) is 21.0. The maximum atomic E-state index is 13.9. The standard InChI is InChI=1S/C45H52N2O11/c1-27(49)39(42(53)46-34(26-48)19-20-38(51)57-44(2,3)4)47-41(52)33-22-36(40-37(23-33)56-45(58-40)24-31-14-5-6-15-32(31)25-45)55-43(54)30-17-10-12-28(21-30)11-9-16-29-13-7-8-18-35(29)50/h5-15,17-18,21,23,27,34,36-37,39-40,48-50H,16,19-20,22,24-26H2,1-4H3,(H,46,53)(H,47,52)/t27-,34-,36+,37+,39+,40-/m0/s1. The van der Waals surface area contributed by atoms with Gasteiger partial charge in [0.05, 0.1) is 24.3 Å². The predicted octanol–water partition coefficient (Wildman–Crippen LogP) is 4.25. The fourth-order valence-corrected chi connectivity index (χ4v) is 7.47. The van der Waals surface area contributed by atoms with E-state index in [4.69, 9.17) is 18.9 Å². The van der Waals surface area contributed by atoms with Gasteiger partial charge in [0.2, 0.25) is 11.8 Å². The summed E-state index contributed by atoms with van der Waals surface area (Å²) in [5.74, 6) is -3.42. The van der Waals surface area contributed by atoms with Crippen LogP contribution >= 0.6 is 0 Å². The summed E-state index contributed by atoms with van der Waals surface area (Å²) in [7, 11) is 0. The molecule has 58 heavy (non-hydrogen) atoms. The lowest BCUT2D eigenvalue weighted by atomic mass is 9.91. The number of hydrogen-bond acceptors (Lipinski definition) is 11. The number of ether oxygens (including phenoxy) is 4. The molecule has 1 saturated heterocycles. The first kappa shape index (κ1) is 42.3. The molecule has 0 radical (unpaired) electrons. The summed E-state index contributed by atoms with van der Waals surface area (Å²) in [5, 5.41) is 35.9. The van der Waals surface area contributed by atoms with Crippen molar-refractivity contribution in [3.8, 4) is 5.75 Å². The van der Waals surface area contributed by atoms with E-state index >= 15 is 0 Å². The summed E-state index contributed by atoms with van der Waals surface area (Å²) < 4.78 is 24.6. The molecule has 3 aliphatic rings. The van der Waals surface area contributed by atoms with Crippen LogP contribution in [0.3, 0.4) is 0 Å². The average molecular weight is 797 g/mol. The summed E-state index contributed by atoms with van der Waals surface area (Å²) in [6.45, 7) is 6.06. The largest absolute Gasteiger partial charge is 0.508 e. The van der Waals surface area contributed by atoms with Gasteiger partial charge >= 0.3 is 11.9 Å². The van der Waals surface area contributed by atoms with Gasteiger partial charge in [0.1, 0.15) is 35.7 Å². The molecule has 13 heteroatoms. The van der Waals surface area contributed by atoms with Crippen molar-refractivity contribution >= 4 is 29.8 Å². The van der Waals surface area contributed by atoms with E-state index in [9.17, 15) is 34.5 Å². The monoisotopic (exact) mass is 796 g/mol. The number of aliphatic hydroxyl groups excluding tert-OH is 2. The SMILES string of the molecule is C[C@H](O)[C@@H](NC(=O)C1=C[C@H]2OC3(Cc4ccccc4C3)O[C@H]2[C@H](OC(=O)c2cccc(C=CCc3ccccc3O)c2)C1)C(=O)N[C@H](CO)CCC(=O)OC(C)(C)C. The highest BCUT2D eigenvalue weighted by Crippen LogP contribution is 2.45. The van der Waals surface area contributed by atoms with E-state index in [0.717, 1.165) is 22.3 Å². The zero-order valence-electron chi connectivity index (χ0n) is 33.2. The third-order valence-electron chi connectivity index (χ3n) is 10.3. The quantitative estimate of drug-likeness (QED) is 0.147. The molecular formula is C45H52N2O11. The maximum absolute atomic E-state index is 13.9. The number of carbonyl (C=O) groups excluding carboxylic acids is 4. The highest BCUT2D eigenvalue weighted by atomic mass is 16.8. The lowest BCUT2D eigenvalue weighted by molar-refractivity contribution is -0.172. The number of amides is 2. The van der Waals surface area contributed by atoms with Crippen LogP contribution in [-0.2, 0) is 52.6 Å². The summed E-state index contributed by atoms with van der Waals surface area (Å²) >= 11 is 0. The lowest BCUT2D eigenvalue weighted by Crippen LogP contribution is -2.55. The Kier molecular flexibility index (Phi) is 13.2. The van der Waals surface area contributed by atoms with Gasteiger partial charge in [-0.1, -0.05) is 66.7 Å². The number of benzene rings is 3. The molecule has 308 valence electrons. The molecule has 0 aromatic heterocycles. The first-order valence-electron chi connectivity index (χ1n) is 19.6. The van der Waals surface area contributed by atoms with Crippen molar-refractivity contribution in [1.82, 2.24) is 10.6 Å². The Bertz CT molecular complexity index is 2030. The number of phenols is 1. The minimum atomic E-state index is -1.43. The summed E-state index contributed by atoms with van der Waals surface area (Å²) in [6, 6.07) is 19.6. The fraction of sp³-hybridized carbons (Fsp3) is 0.422. The van der Waals surface area contributed by atoms with Crippen LogP contribution in [0.4, 0.5) is 0 Å². The van der Waals surface area contributed by atoms with Crippen molar-refractivity contribution in [1.29, 1.82) is 0 Å². The van der Waals surface area contributed by atoms with E-state index < -0.39 is 78.2 Å². The van der Waals surface area contributed by atoms with Crippen molar-refractivity contribution in [2.75, 3.05) is 6.61 Å². The van der Waals surface area contributed by atoms with Crippen LogP contribution in [0.15, 0.2) is 90.5 Å². The molecule has 2 amide bonds. The fourth-order valence-electron chi connectivity index (χ4n) is 7.47. The molecule has 0 unspecified atom stereocenters. The Morgan fingerprint density at radius 1 is 0.966 bits per heavy atom. The second-order valence-corrected chi connectivity index (χ2v) is 16.1. The number of allylic oxidation sites excluding steroid dienone is 1. The Balaban J connectivity index is 1.17. The number of fused-ring (bicyclic) bond motifs is 2. The van der Waals surface area contributed by atoms with Gasteiger partial charge in [-0.05, 0) is 87.1 Å². The number of rotatable bonds is 14. The molecule has 1 fully saturated rings. The molecule has 1 heterocycles. The van der Waals surface area contributed by atoms with Crippen molar-refractivity contribution < 1.29 is 53.4 Å². The van der Waals surface area contributed by atoms with Gasteiger partial charge < -0.3 is 44.9 Å². The Morgan fingerprint density at radius 2 is 1.67 bits per heavy atom. The van der Waals surface area contributed by atoms with Crippen LogP contribution in [0.25, 0.3) is 6.08 Å². The number of carbonyl (C=O) groups is 4. The van der Waals surface area contributed by atoms with Gasteiger partial charge in [-0.2, -0.15) is 0 Å². The molecule has 1 spiro atoms. The highest BCUT2D eigenvalue weighted by molar-refractivity contribution is 5.98. The lowest BCUT2D eigenvalue weighted by Gasteiger charge is -2.31. The van der Waals surface area contributed by atoms with Crippen LogP contribution in [0.1, 0.15) is 79.6 Å². The summed E-state index contributed by atoms with van der Waals surface area (Å²) in [5.41, 5.74) is 3.39. The number of hydrogen-bond donors (Lipinski definition) is 5. The van der Waals surface area contributed by atoms with Crippen LogP contribution in [0, 0.1) is 0 Å². The van der Waals surface area contributed by atoms with Crippen molar-refractivity contribution in [3.63, 3.8) is 0 Å². The zero-order chi connectivity index (χ0) is 41.6. The molecule has 0 bridgehead atoms. The number of phenolic OH excluding ortho intramolecular Hbond substituents is 1. The predicted molar refractivity (Wildman–Crippen MR) is 213 cm³/mol. The second kappa shape index (κ2) is 18.1. The van der Waals surface area contributed by atoms with Gasteiger partial charge in [-0.15, -0.1) is 0 Å². The van der Waals surface area contributed by atoms with E-state index in [-0.39, 0.29) is 36.1 Å². The van der Waals surface area contributed by atoms with Gasteiger partial charge in [0, 0.05) is 31.3 Å². The molecular weight excluding hydrogens is 744 g/mol. The summed E-state index contributed by atoms with van der Waals surface area (Å²) in [6.07, 6.45) is 2.86. The number of nitrogens with one attached hydrogen (secondary N) is 2. The third kappa shape index (κ3) is 10.6. The smallest absolute Gasteiger partial charge is 0.338 e. The molecule has 1 aliphatic heterocycles. The zero-order valence-corrected chi connectivity index (χ0v) is 33.2. The third-order valence-corrected chi connectivity index (χ3v) is 10.3. The Morgan fingerprint density at radius 3 is 2.34 bits per heavy atom. The van der Waals surface area contributed by atoms with Crippen molar-refractivity contribution in [3.05, 3.63) is 118 Å². The van der Waals surface area contributed by atoms with Gasteiger partial charge in [0.15, 0.2) is 5.79 Å². The van der Waals surface area contributed by atoms with Crippen molar-refractivity contribution in [2.24, 2.45) is 0 Å². The maximum Gasteiger partial charge on any atom is 0.338 e. The molecule has 3 aromatic carbocycles. The van der Waals surface area contributed by atoms with E-state index in [1.165, 1.54) is 6.92 Å². The van der Waals surface area contributed by atoms with E-state index in [2.05, 4.69) is 10.6 Å². The number of para-hydroxylation sites is 1. The molecule has 2 aliphatic carbocycles. The first-order chi connectivity index (χ1) is 27.6. The molecule has 6 rings (SSSR count). The minimum absolute atomic E-state index is 0.0687. The highest BCUT2D eigenvalue weighted by Gasteiger charge is 2.55. The minimum Gasteiger partial charge on any atom is -0.508 e. The molecule has 0 saturated carbocycles.